The molecule has 0 radical (unpaired) electrons. The summed E-state index contributed by atoms with van der Waals surface area (Å²) in [6.45, 7) is 1.44. The SMILES string of the molecule is COCCOc1ccc(C(=O)c2c[nH]c3ncnc(N[C@@H]4CC[C@@H](CO)OC4)c23)cc1. The molecule has 9 heteroatoms. The van der Waals surface area contributed by atoms with Crippen LogP contribution in [0.2, 0.25) is 0 Å². The summed E-state index contributed by atoms with van der Waals surface area (Å²) in [4.78, 5) is 24.9. The second-order valence-electron chi connectivity index (χ2n) is 7.40. The van der Waals surface area contributed by atoms with Gasteiger partial charge in [-0.25, -0.2) is 9.97 Å². The van der Waals surface area contributed by atoms with Crippen molar-refractivity contribution in [2.45, 2.75) is 25.0 Å². The van der Waals surface area contributed by atoms with Gasteiger partial charge in [0.25, 0.3) is 0 Å². The van der Waals surface area contributed by atoms with Crippen LogP contribution in [0.15, 0.2) is 36.8 Å². The number of carbonyl (C=O) groups excluding carboxylic acids is 1. The zero-order chi connectivity index (χ0) is 21.6. The molecule has 0 aliphatic carbocycles. The van der Waals surface area contributed by atoms with Crippen molar-refractivity contribution in [3.63, 3.8) is 0 Å². The van der Waals surface area contributed by atoms with Gasteiger partial charge in [0.05, 0.1) is 42.9 Å². The van der Waals surface area contributed by atoms with Crippen molar-refractivity contribution in [3.05, 3.63) is 47.9 Å². The molecule has 1 fully saturated rings. The van der Waals surface area contributed by atoms with Crippen molar-refractivity contribution in [2.75, 3.05) is 38.9 Å². The minimum atomic E-state index is -0.132. The number of carbonyl (C=O) groups is 1. The Balaban J connectivity index is 1.53. The Bertz CT molecular complexity index is 1010. The molecule has 2 aromatic heterocycles. The maximum absolute atomic E-state index is 13.2. The van der Waals surface area contributed by atoms with Crippen LogP contribution in [0.5, 0.6) is 5.75 Å². The van der Waals surface area contributed by atoms with Gasteiger partial charge >= 0.3 is 0 Å². The van der Waals surface area contributed by atoms with Crippen LogP contribution in [0.3, 0.4) is 0 Å². The fourth-order valence-corrected chi connectivity index (χ4v) is 3.61. The van der Waals surface area contributed by atoms with E-state index in [0.29, 0.717) is 53.5 Å². The van der Waals surface area contributed by atoms with E-state index in [9.17, 15) is 9.90 Å². The van der Waals surface area contributed by atoms with Crippen molar-refractivity contribution in [2.24, 2.45) is 0 Å². The summed E-state index contributed by atoms with van der Waals surface area (Å²) in [7, 11) is 1.62. The van der Waals surface area contributed by atoms with Crippen LogP contribution in [-0.2, 0) is 9.47 Å². The average molecular weight is 426 g/mol. The predicted molar refractivity (Wildman–Crippen MR) is 115 cm³/mol. The van der Waals surface area contributed by atoms with Crippen molar-refractivity contribution < 1.29 is 24.1 Å². The Hall–Kier alpha value is -3.01. The predicted octanol–water partition coefficient (Wildman–Crippen LogP) is 2.17. The van der Waals surface area contributed by atoms with Gasteiger partial charge in [-0.05, 0) is 37.1 Å². The summed E-state index contributed by atoms with van der Waals surface area (Å²) in [5, 5.41) is 13.3. The number of benzene rings is 1. The van der Waals surface area contributed by atoms with Crippen LogP contribution in [0, 0.1) is 0 Å². The minimum Gasteiger partial charge on any atom is -0.491 e. The van der Waals surface area contributed by atoms with Gasteiger partial charge in [0.2, 0.25) is 0 Å². The highest BCUT2D eigenvalue weighted by atomic mass is 16.5. The van der Waals surface area contributed by atoms with Crippen LogP contribution in [0.25, 0.3) is 11.0 Å². The number of nitrogens with one attached hydrogen (secondary N) is 2. The number of fused-ring (bicyclic) bond motifs is 1. The average Bonchev–Trinajstić information content (AvgIpc) is 3.25. The maximum atomic E-state index is 13.2. The number of aromatic amines is 1. The lowest BCUT2D eigenvalue weighted by Crippen LogP contribution is -2.36. The first-order valence-electron chi connectivity index (χ1n) is 10.3. The highest BCUT2D eigenvalue weighted by Gasteiger charge is 2.24. The highest BCUT2D eigenvalue weighted by molar-refractivity contribution is 6.18. The number of aromatic nitrogens is 3. The minimum absolute atomic E-state index is 0.0249. The first-order valence-corrected chi connectivity index (χ1v) is 10.3. The monoisotopic (exact) mass is 426 g/mol. The van der Waals surface area contributed by atoms with Crippen LogP contribution in [-0.4, -0.2) is 71.5 Å². The number of ketones is 1. The third-order valence-electron chi connectivity index (χ3n) is 5.30. The lowest BCUT2D eigenvalue weighted by molar-refractivity contribution is -0.0224. The largest absolute Gasteiger partial charge is 0.491 e. The van der Waals surface area contributed by atoms with E-state index in [1.165, 1.54) is 6.33 Å². The van der Waals surface area contributed by atoms with Gasteiger partial charge < -0.3 is 29.6 Å². The molecule has 1 saturated heterocycles. The number of nitrogens with zero attached hydrogens (tertiary/aromatic N) is 2. The molecule has 1 aliphatic heterocycles. The molecule has 3 aromatic rings. The van der Waals surface area contributed by atoms with E-state index in [1.807, 2.05) is 0 Å². The summed E-state index contributed by atoms with van der Waals surface area (Å²) in [6, 6.07) is 7.06. The smallest absolute Gasteiger partial charge is 0.195 e. The molecule has 4 rings (SSSR count). The van der Waals surface area contributed by atoms with Gasteiger partial charge in [-0.2, -0.15) is 0 Å². The lowest BCUT2D eigenvalue weighted by Gasteiger charge is -2.29. The van der Waals surface area contributed by atoms with Gasteiger partial charge in [-0.15, -0.1) is 0 Å². The van der Waals surface area contributed by atoms with Crippen LogP contribution in [0.1, 0.15) is 28.8 Å². The van der Waals surface area contributed by atoms with Crippen LogP contribution in [0.4, 0.5) is 5.82 Å². The zero-order valence-electron chi connectivity index (χ0n) is 17.3. The quantitative estimate of drug-likeness (QED) is 0.352. The van der Waals surface area contributed by atoms with E-state index < -0.39 is 0 Å². The second-order valence-corrected chi connectivity index (χ2v) is 7.40. The number of H-pyrrole nitrogens is 1. The number of aliphatic hydroxyl groups excluding tert-OH is 1. The van der Waals surface area contributed by atoms with Crippen molar-refractivity contribution >= 4 is 22.6 Å². The van der Waals surface area contributed by atoms with E-state index in [0.717, 1.165) is 12.8 Å². The number of methoxy groups -OCH3 is 1. The van der Waals surface area contributed by atoms with E-state index in [2.05, 4.69) is 20.3 Å². The number of hydrogen-bond donors (Lipinski definition) is 3. The zero-order valence-corrected chi connectivity index (χ0v) is 17.3. The Morgan fingerprint density at radius 1 is 1.26 bits per heavy atom. The van der Waals surface area contributed by atoms with Gasteiger partial charge in [0.1, 0.15) is 30.1 Å². The van der Waals surface area contributed by atoms with E-state index in [4.69, 9.17) is 14.2 Å². The lowest BCUT2D eigenvalue weighted by atomic mass is 10.0. The summed E-state index contributed by atoms with van der Waals surface area (Å²) >= 11 is 0. The third-order valence-corrected chi connectivity index (χ3v) is 5.30. The van der Waals surface area contributed by atoms with Gasteiger partial charge in [-0.3, -0.25) is 4.79 Å². The molecule has 164 valence electrons. The Morgan fingerprint density at radius 3 is 2.81 bits per heavy atom. The van der Waals surface area contributed by atoms with Gasteiger partial charge in [0.15, 0.2) is 5.78 Å². The fraction of sp³-hybridized carbons (Fsp3) is 0.409. The van der Waals surface area contributed by atoms with Crippen LogP contribution < -0.4 is 10.1 Å². The standard InChI is InChI=1S/C22H26N4O5/c1-29-8-9-30-16-5-2-14(3-6-16)20(28)18-10-23-21-19(18)22(25-13-24-21)26-15-4-7-17(11-27)31-12-15/h2-3,5-6,10,13,15,17,27H,4,7-9,11-12H2,1H3,(H2,23,24,25,26)/t15-,17+/m1/s1. The van der Waals surface area contributed by atoms with Crippen molar-refractivity contribution in [1.29, 1.82) is 0 Å². The normalized spacial score (nSPS) is 18.8. The maximum Gasteiger partial charge on any atom is 0.195 e. The molecule has 9 nitrogen and oxygen atoms in total. The Labute approximate surface area is 179 Å². The molecule has 0 amide bonds. The molecular formula is C22H26N4O5. The molecule has 0 unspecified atom stereocenters. The molecule has 0 spiro atoms. The number of aliphatic hydroxyl groups is 1. The number of ether oxygens (including phenoxy) is 3. The number of hydrogen-bond acceptors (Lipinski definition) is 8. The van der Waals surface area contributed by atoms with Crippen molar-refractivity contribution in [1.82, 2.24) is 15.0 Å². The van der Waals surface area contributed by atoms with Gasteiger partial charge in [0, 0.05) is 18.9 Å². The van der Waals surface area contributed by atoms with E-state index in [-0.39, 0.29) is 24.5 Å². The summed E-state index contributed by atoms with van der Waals surface area (Å²) in [6.07, 6.45) is 4.61. The summed E-state index contributed by atoms with van der Waals surface area (Å²) in [5.74, 6) is 1.13. The molecule has 3 N–H and O–H groups in total. The number of anilines is 1. The van der Waals surface area contributed by atoms with E-state index >= 15 is 0 Å². The molecule has 1 aliphatic rings. The molecule has 31 heavy (non-hydrogen) atoms. The molecule has 0 bridgehead atoms. The molecular weight excluding hydrogens is 400 g/mol. The van der Waals surface area contributed by atoms with Crippen molar-refractivity contribution in [3.8, 4) is 5.75 Å². The Kier molecular flexibility index (Phi) is 6.76. The van der Waals surface area contributed by atoms with E-state index in [1.54, 1.807) is 37.6 Å². The Morgan fingerprint density at radius 2 is 2.10 bits per heavy atom. The molecule has 1 aromatic carbocycles. The highest BCUT2D eigenvalue weighted by Crippen LogP contribution is 2.28. The fourth-order valence-electron chi connectivity index (χ4n) is 3.61. The third kappa shape index (κ3) is 4.84. The first kappa shape index (κ1) is 21.2. The number of rotatable bonds is 9. The van der Waals surface area contributed by atoms with Crippen LogP contribution >= 0.6 is 0 Å². The first-order chi connectivity index (χ1) is 15.2. The topological polar surface area (TPSA) is 119 Å². The summed E-state index contributed by atoms with van der Waals surface area (Å²) < 4.78 is 16.2. The molecule has 2 atom stereocenters. The molecule has 3 heterocycles. The summed E-state index contributed by atoms with van der Waals surface area (Å²) in [5.41, 5.74) is 1.63. The second kappa shape index (κ2) is 9.86. The molecule has 0 saturated carbocycles. The van der Waals surface area contributed by atoms with Gasteiger partial charge in [-0.1, -0.05) is 0 Å².